The van der Waals surface area contributed by atoms with Crippen molar-refractivity contribution >= 4 is 5.91 Å². The predicted molar refractivity (Wildman–Crippen MR) is 55.1 cm³/mol. The van der Waals surface area contributed by atoms with Crippen LogP contribution >= 0.6 is 0 Å². The number of nitrogens with one attached hydrogen (secondary N) is 1. The number of carbonyl (C=O) groups excluding carboxylic acids is 1. The Balaban J connectivity index is 2.52. The number of rotatable bonds is 5. The summed E-state index contributed by atoms with van der Waals surface area (Å²) in [5, 5.41) is 11.0. The summed E-state index contributed by atoms with van der Waals surface area (Å²) in [7, 11) is 1.43. The summed E-state index contributed by atoms with van der Waals surface area (Å²) < 4.78 is 28.7. The van der Waals surface area contributed by atoms with Gasteiger partial charge < -0.3 is 15.2 Å². The third-order valence-electron chi connectivity index (χ3n) is 1.97. The van der Waals surface area contributed by atoms with Gasteiger partial charge in [0.15, 0.2) is 0 Å². The first-order chi connectivity index (χ1) is 8.04. The highest BCUT2D eigenvalue weighted by molar-refractivity contribution is 5.93. The summed E-state index contributed by atoms with van der Waals surface area (Å²) in [6.45, 7) is -0.511. The molecule has 1 amide bonds. The van der Waals surface area contributed by atoms with Crippen LogP contribution in [0.3, 0.4) is 0 Å². The van der Waals surface area contributed by atoms with Crippen molar-refractivity contribution in [1.29, 1.82) is 0 Å². The Hall–Kier alpha value is -1.76. The van der Waals surface area contributed by atoms with Crippen LogP contribution in [0.1, 0.15) is 10.4 Å². The van der Waals surface area contributed by atoms with Crippen LogP contribution in [0.15, 0.2) is 18.3 Å². The van der Waals surface area contributed by atoms with Crippen molar-refractivity contribution in [1.82, 2.24) is 10.3 Å². The second kappa shape index (κ2) is 6.09. The van der Waals surface area contributed by atoms with Gasteiger partial charge in [-0.25, -0.2) is 13.8 Å². The molecule has 0 saturated carbocycles. The zero-order chi connectivity index (χ0) is 12.8. The molecule has 0 radical (unpaired) electrons. The van der Waals surface area contributed by atoms with Crippen LogP contribution < -0.4 is 10.1 Å². The molecule has 17 heavy (non-hydrogen) atoms. The van der Waals surface area contributed by atoms with Gasteiger partial charge in [0.2, 0.25) is 5.88 Å². The molecule has 2 N–H and O–H groups in total. The molecular formula is C10H12F2N2O3. The van der Waals surface area contributed by atoms with Crippen LogP contribution in [0.5, 0.6) is 5.88 Å². The number of halogens is 2. The van der Waals surface area contributed by atoms with Gasteiger partial charge in [-0.3, -0.25) is 4.79 Å². The maximum Gasteiger partial charge on any atom is 0.265 e. The van der Waals surface area contributed by atoms with Crippen molar-refractivity contribution in [3.8, 4) is 5.88 Å². The number of carbonyl (C=O) groups is 1. The molecule has 1 heterocycles. The lowest BCUT2D eigenvalue weighted by molar-refractivity contribution is -0.00270. The average molecular weight is 246 g/mol. The third-order valence-corrected chi connectivity index (χ3v) is 1.97. The molecule has 1 unspecified atom stereocenters. The van der Waals surface area contributed by atoms with E-state index < -0.39 is 25.0 Å². The standard InChI is InChI=1S/C10H12F2N2O3/c1-17-8-3-2-6(4-13-8)10(16)14-5-7(15)9(11)12/h2-4,7,9,15H,5H2,1H3,(H,14,16). The summed E-state index contributed by atoms with van der Waals surface area (Å²) in [6.07, 6.45) is -3.50. The molecule has 0 aromatic carbocycles. The van der Waals surface area contributed by atoms with E-state index in [9.17, 15) is 13.6 Å². The molecule has 0 fully saturated rings. The summed E-state index contributed by atoms with van der Waals surface area (Å²) in [6, 6.07) is 2.91. The van der Waals surface area contributed by atoms with E-state index in [1.165, 1.54) is 25.4 Å². The molecule has 0 spiro atoms. The smallest absolute Gasteiger partial charge is 0.265 e. The Kier molecular flexibility index (Phi) is 4.77. The number of methoxy groups -OCH3 is 1. The molecule has 0 bridgehead atoms. The minimum atomic E-state index is -2.88. The molecule has 5 nitrogen and oxygen atoms in total. The number of aromatic nitrogens is 1. The lowest BCUT2D eigenvalue weighted by atomic mass is 10.2. The fraction of sp³-hybridized carbons (Fsp3) is 0.400. The molecule has 0 aliphatic heterocycles. The monoisotopic (exact) mass is 246 g/mol. The van der Waals surface area contributed by atoms with Gasteiger partial charge in [0.05, 0.1) is 12.7 Å². The van der Waals surface area contributed by atoms with Crippen molar-refractivity contribution < 1.29 is 23.4 Å². The molecule has 1 aromatic rings. The third kappa shape index (κ3) is 3.95. The molecule has 7 heteroatoms. The fourth-order valence-corrected chi connectivity index (χ4v) is 1.02. The van der Waals surface area contributed by atoms with Crippen LogP contribution in [-0.2, 0) is 0 Å². The zero-order valence-electron chi connectivity index (χ0n) is 9.06. The number of hydrogen-bond acceptors (Lipinski definition) is 4. The second-order valence-electron chi connectivity index (χ2n) is 3.20. The van der Waals surface area contributed by atoms with Gasteiger partial charge in [0.25, 0.3) is 12.3 Å². The van der Waals surface area contributed by atoms with Gasteiger partial charge in [-0.1, -0.05) is 0 Å². The van der Waals surface area contributed by atoms with Crippen LogP contribution in [0.4, 0.5) is 8.78 Å². The summed E-state index contributed by atoms with van der Waals surface area (Å²) in [4.78, 5) is 15.2. The minimum absolute atomic E-state index is 0.201. The van der Waals surface area contributed by atoms with Crippen molar-refractivity contribution in [3.63, 3.8) is 0 Å². The van der Waals surface area contributed by atoms with Gasteiger partial charge in [0.1, 0.15) is 6.10 Å². The SMILES string of the molecule is COc1ccc(C(=O)NCC(O)C(F)F)cn1. The van der Waals surface area contributed by atoms with Crippen molar-refractivity contribution in [2.24, 2.45) is 0 Å². The van der Waals surface area contributed by atoms with Crippen molar-refractivity contribution in [2.75, 3.05) is 13.7 Å². The molecule has 0 aliphatic rings. The average Bonchev–Trinajstić information content (AvgIpc) is 2.35. The number of aliphatic hydroxyl groups excluding tert-OH is 1. The van der Waals surface area contributed by atoms with E-state index >= 15 is 0 Å². The summed E-state index contributed by atoms with van der Waals surface area (Å²) in [5.41, 5.74) is 0.201. The maximum atomic E-state index is 11.9. The number of pyridine rings is 1. The van der Waals surface area contributed by atoms with E-state index in [1.54, 1.807) is 0 Å². The summed E-state index contributed by atoms with van der Waals surface area (Å²) in [5.74, 6) is -0.242. The van der Waals surface area contributed by atoms with Crippen molar-refractivity contribution in [2.45, 2.75) is 12.5 Å². The Morgan fingerprint density at radius 2 is 2.29 bits per heavy atom. The second-order valence-corrected chi connectivity index (χ2v) is 3.20. The van der Waals surface area contributed by atoms with E-state index in [2.05, 4.69) is 10.3 Å². The predicted octanol–water partition coefficient (Wildman–Crippen LogP) is 0.446. The van der Waals surface area contributed by atoms with Gasteiger partial charge >= 0.3 is 0 Å². The first-order valence-corrected chi connectivity index (χ1v) is 4.79. The van der Waals surface area contributed by atoms with Crippen LogP contribution in [0.25, 0.3) is 0 Å². The lowest BCUT2D eigenvalue weighted by Gasteiger charge is -2.10. The number of aliphatic hydroxyl groups is 1. The molecule has 94 valence electrons. The van der Waals surface area contributed by atoms with Crippen LogP contribution in [-0.4, -0.2) is 42.2 Å². The van der Waals surface area contributed by atoms with E-state index in [4.69, 9.17) is 9.84 Å². The number of alkyl halides is 2. The largest absolute Gasteiger partial charge is 0.481 e. The van der Waals surface area contributed by atoms with Gasteiger partial charge in [-0.2, -0.15) is 0 Å². The molecule has 1 aromatic heterocycles. The van der Waals surface area contributed by atoms with E-state index in [1.807, 2.05) is 0 Å². The highest BCUT2D eigenvalue weighted by Gasteiger charge is 2.17. The first kappa shape index (κ1) is 13.3. The number of nitrogens with zero attached hydrogens (tertiary/aromatic N) is 1. The fourth-order valence-electron chi connectivity index (χ4n) is 1.02. The molecule has 0 saturated heterocycles. The number of amides is 1. The van der Waals surface area contributed by atoms with Crippen LogP contribution in [0.2, 0.25) is 0 Å². The molecule has 0 aliphatic carbocycles. The normalized spacial score (nSPS) is 12.3. The van der Waals surface area contributed by atoms with Crippen molar-refractivity contribution in [3.05, 3.63) is 23.9 Å². The molecule has 1 atom stereocenters. The maximum absolute atomic E-state index is 11.9. The number of hydrogen-bond donors (Lipinski definition) is 2. The Morgan fingerprint density at radius 3 is 2.76 bits per heavy atom. The zero-order valence-corrected chi connectivity index (χ0v) is 9.06. The quantitative estimate of drug-likeness (QED) is 0.791. The molecular weight excluding hydrogens is 234 g/mol. The van der Waals surface area contributed by atoms with Gasteiger partial charge in [-0.15, -0.1) is 0 Å². The van der Waals surface area contributed by atoms with Gasteiger partial charge in [-0.05, 0) is 6.07 Å². The van der Waals surface area contributed by atoms with E-state index in [0.717, 1.165) is 0 Å². The topological polar surface area (TPSA) is 71.5 Å². The number of ether oxygens (including phenoxy) is 1. The Labute approximate surface area is 96.4 Å². The lowest BCUT2D eigenvalue weighted by Crippen LogP contribution is -2.35. The van der Waals surface area contributed by atoms with Gasteiger partial charge in [0, 0.05) is 18.8 Å². The Bertz CT molecular complexity index is 370. The Morgan fingerprint density at radius 1 is 1.59 bits per heavy atom. The summed E-state index contributed by atoms with van der Waals surface area (Å²) >= 11 is 0. The molecule has 1 rings (SSSR count). The highest BCUT2D eigenvalue weighted by atomic mass is 19.3. The van der Waals surface area contributed by atoms with E-state index in [0.29, 0.717) is 5.88 Å². The highest BCUT2D eigenvalue weighted by Crippen LogP contribution is 2.06. The minimum Gasteiger partial charge on any atom is -0.481 e. The van der Waals surface area contributed by atoms with E-state index in [-0.39, 0.29) is 5.56 Å². The first-order valence-electron chi connectivity index (χ1n) is 4.79. The van der Waals surface area contributed by atoms with Crippen LogP contribution in [0, 0.1) is 0 Å².